The summed E-state index contributed by atoms with van der Waals surface area (Å²) in [5, 5.41) is 2.82. The number of nitrogens with zero attached hydrogens (tertiary/aromatic N) is 1. The summed E-state index contributed by atoms with van der Waals surface area (Å²) in [5.74, 6) is 0.437. The van der Waals surface area contributed by atoms with E-state index in [1.165, 1.54) is 0 Å². The van der Waals surface area contributed by atoms with Crippen molar-refractivity contribution in [3.05, 3.63) is 24.3 Å². The number of esters is 1. The van der Waals surface area contributed by atoms with Crippen LogP contribution in [0.3, 0.4) is 0 Å². The van der Waals surface area contributed by atoms with Crippen molar-refractivity contribution in [1.29, 1.82) is 0 Å². The highest BCUT2D eigenvalue weighted by Gasteiger charge is 2.55. The zero-order valence-electron chi connectivity index (χ0n) is 16.2. The first-order valence-electron chi connectivity index (χ1n) is 9.53. The summed E-state index contributed by atoms with van der Waals surface area (Å²) in [6.45, 7) is 1.77. The fraction of sp³-hybridized carbons (Fsp3) is 0.550. The molecule has 1 spiro atoms. The van der Waals surface area contributed by atoms with Gasteiger partial charge in [-0.2, -0.15) is 0 Å². The lowest BCUT2D eigenvalue weighted by molar-refractivity contribution is -0.149. The van der Waals surface area contributed by atoms with Crippen LogP contribution in [0.15, 0.2) is 24.3 Å². The number of hydrogen-bond acceptors (Lipinski definition) is 6. The van der Waals surface area contributed by atoms with Crippen molar-refractivity contribution in [3.8, 4) is 11.5 Å². The number of imide groups is 1. The van der Waals surface area contributed by atoms with E-state index >= 15 is 0 Å². The second kappa shape index (κ2) is 8.50. The number of hydrogen-bond donors (Lipinski definition) is 1. The number of methoxy groups -OCH3 is 1. The maximum atomic E-state index is 12.8. The molecule has 0 unspecified atom stereocenters. The van der Waals surface area contributed by atoms with Crippen LogP contribution in [0.25, 0.3) is 0 Å². The van der Waals surface area contributed by atoms with Gasteiger partial charge in [-0.3, -0.25) is 14.5 Å². The van der Waals surface area contributed by atoms with Crippen LogP contribution in [0.1, 0.15) is 32.6 Å². The Kier molecular flexibility index (Phi) is 6.06. The number of rotatable bonds is 7. The second-order valence-corrected chi connectivity index (χ2v) is 7.18. The molecule has 8 nitrogen and oxygen atoms in total. The van der Waals surface area contributed by atoms with Gasteiger partial charge < -0.3 is 19.5 Å². The number of carbonyl (C=O) groups excluding carboxylic acids is 3. The number of carbonyl (C=O) groups is 3. The molecule has 1 N–H and O–H groups in total. The fourth-order valence-corrected chi connectivity index (χ4v) is 3.80. The molecule has 1 heterocycles. The number of benzene rings is 1. The normalized spacial score (nSPS) is 24.2. The molecule has 1 aromatic carbocycles. The van der Waals surface area contributed by atoms with E-state index in [1.807, 2.05) is 6.92 Å². The molecule has 8 heteroatoms. The third-order valence-corrected chi connectivity index (χ3v) is 5.46. The Bertz CT molecular complexity index is 735. The third kappa shape index (κ3) is 4.05. The van der Waals surface area contributed by atoms with Crippen molar-refractivity contribution in [1.82, 2.24) is 10.2 Å². The molecule has 0 aromatic heterocycles. The maximum absolute atomic E-state index is 12.8. The van der Waals surface area contributed by atoms with E-state index in [2.05, 4.69) is 5.32 Å². The Morgan fingerprint density at radius 2 is 1.89 bits per heavy atom. The molecule has 152 valence electrons. The van der Waals surface area contributed by atoms with Crippen molar-refractivity contribution in [2.24, 2.45) is 5.92 Å². The molecule has 2 fully saturated rings. The Morgan fingerprint density at radius 3 is 2.57 bits per heavy atom. The van der Waals surface area contributed by atoms with Gasteiger partial charge in [-0.15, -0.1) is 0 Å². The van der Waals surface area contributed by atoms with Crippen LogP contribution in [0.5, 0.6) is 11.5 Å². The predicted octanol–water partition coefficient (Wildman–Crippen LogP) is 2.12. The molecule has 1 aliphatic heterocycles. The highest BCUT2D eigenvalue weighted by molar-refractivity contribution is 6.08. The lowest BCUT2D eigenvalue weighted by Gasteiger charge is -2.36. The summed E-state index contributed by atoms with van der Waals surface area (Å²) < 4.78 is 15.7. The van der Waals surface area contributed by atoms with E-state index in [1.54, 1.807) is 31.4 Å². The number of nitrogens with one attached hydrogen (secondary N) is 1. The van der Waals surface area contributed by atoms with Gasteiger partial charge in [-0.1, -0.05) is 19.8 Å². The zero-order chi connectivity index (χ0) is 20.1. The molecule has 2 aliphatic rings. The summed E-state index contributed by atoms with van der Waals surface area (Å²) in [7, 11) is 1.58. The highest BCUT2D eigenvalue weighted by atomic mass is 16.6. The van der Waals surface area contributed by atoms with E-state index in [9.17, 15) is 14.4 Å². The fourth-order valence-electron chi connectivity index (χ4n) is 3.80. The summed E-state index contributed by atoms with van der Waals surface area (Å²) in [6, 6.07) is 6.50. The minimum absolute atomic E-state index is 0.0239. The summed E-state index contributed by atoms with van der Waals surface area (Å²) >= 11 is 0. The summed E-state index contributed by atoms with van der Waals surface area (Å²) in [5.41, 5.74) is -0.868. The van der Waals surface area contributed by atoms with Crippen LogP contribution in [-0.2, 0) is 14.3 Å². The molecule has 0 bridgehead atoms. The first kappa shape index (κ1) is 20.0. The molecule has 0 radical (unpaired) electrons. The van der Waals surface area contributed by atoms with E-state index in [-0.39, 0.29) is 31.6 Å². The first-order valence-corrected chi connectivity index (χ1v) is 9.53. The van der Waals surface area contributed by atoms with Crippen molar-refractivity contribution < 1.29 is 28.6 Å². The second-order valence-electron chi connectivity index (χ2n) is 7.18. The van der Waals surface area contributed by atoms with Crippen LogP contribution in [-0.4, -0.2) is 55.2 Å². The zero-order valence-corrected chi connectivity index (χ0v) is 16.2. The van der Waals surface area contributed by atoms with E-state index in [0.29, 0.717) is 12.2 Å². The third-order valence-electron chi connectivity index (χ3n) is 5.46. The lowest BCUT2D eigenvalue weighted by atomic mass is 9.73. The number of ether oxygens (including phenoxy) is 3. The van der Waals surface area contributed by atoms with Crippen molar-refractivity contribution in [3.63, 3.8) is 0 Å². The Morgan fingerprint density at radius 1 is 1.18 bits per heavy atom. The van der Waals surface area contributed by atoms with Gasteiger partial charge in [-0.05, 0) is 43.0 Å². The molecule has 3 amide bonds. The minimum atomic E-state index is -0.868. The first-order chi connectivity index (χ1) is 13.5. The average Bonchev–Trinajstić information content (AvgIpc) is 2.93. The minimum Gasteiger partial charge on any atom is -0.497 e. The van der Waals surface area contributed by atoms with E-state index in [0.717, 1.165) is 29.9 Å². The molecule has 1 saturated carbocycles. The number of amides is 3. The summed E-state index contributed by atoms with van der Waals surface area (Å²) in [6.07, 6.45) is 3.42. The standard InChI is InChI=1S/C20H26N2O6/c1-14-5-3-4-10-20(14)18(24)22(19(25)21-20)13-17(23)28-12-11-27-16-8-6-15(26-2)7-9-16/h6-9,14H,3-5,10-13H2,1-2H3,(H,21,25)/t14-,20-/m0/s1. The SMILES string of the molecule is COc1ccc(OCCOC(=O)CN2C(=O)N[C@]3(CCCC[C@@H]3C)C2=O)cc1. The largest absolute Gasteiger partial charge is 0.497 e. The Balaban J connectivity index is 1.45. The molecule has 1 aromatic rings. The number of urea groups is 1. The average molecular weight is 390 g/mol. The highest BCUT2D eigenvalue weighted by Crippen LogP contribution is 2.38. The van der Waals surface area contributed by atoms with Gasteiger partial charge in [0, 0.05) is 0 Å². The van der Waals surface area contributed by atoms with Crippen LogP contribution < -0.4 is 14.8 Å². The molecule has 3 rings (SSSR count). The lowest BCUT2D eigenvalue weighted by Crippen LogP contribution is -2.54. The van der Waals surface area contributed by atoms with Gasteiger partial charge in [0.15, 0.2) is 0 Å². The summed E-state index contributed by atoms with van der Waals surface area (Å²) in [4.78, 5) is 38.1. The van der Waals surface area contributed by atoms with Crippen LogP contribution >= 0.6 is 0 Å². The van der Waals surface area contributed by atoms with Crippen molar-refractivity contribution in [2.75, 3.05) is 26.9 Å². The maximum Gasteiger partial charge on any atom is 0.326 e. The topological polar surface area (TPSA) is 94.2 Å². The smallest absolute Gasteiger partial charge is 0.326 e. The van der Waals surface area contributed by atoms with E-state index < -0.39 is 17.5 Å². The van der Waals surface area contributed by atoms with E-state index in [4.69, 9.17) is 14.2 Å². The van der Waals surface area contributed by atoms with Crippen molar-refractivity contribution in [2.45, 2.75) is 38.1 Å². The van der Waals surface area contributed by atoms with Crippen LogP contribution in [0.2, 0.25) is 0 Å². The predicted molar refractivity (Wildman–Crippen MR) is 100 cm³/mol. The monoisotopic (exact) mass is 390 g/mol. The van der Waals surface area contributed by atoms with Crippen LogP contribution in [0.4, 0.5) is 4.79 Å². The molecule has 1 aliphatic carbocycles. The molecule has 28 heavy (non-hydrogen) atoms. The van der Waals surface area contributed by atoms with Gasteiger partial charge in [0.2, 0.25) is 0 Å². The molecular weight excluding hydrogens is 364 g/mol. The molecular formula is C20H26N2O6. The molecule has 2 atom stereocenters. The van der Waals surface area contributed by atoms with Gasteiger partial charge >= 0.3 is 12.0 Å². The van der Waals surface area contributed by atoms with Crippen LogP contribution in [0, 0.1) is 5.92 Å². The Hall–Kier alpha value is -2.77. The quantitative estimate of drug-likeness (QED) is 0.435. The van der Waals surface area contributed by atoms with Crippen molar-refractivity contribution >= 4 is 17.9 Å². The van der Waals surface area contributed by atoms with Gasteiger partial charge in [0.1, 0.15) is 36.8 Å². The molecule has 1 saturated heterocycles. The van der Waals surface area contributed by atoms with Gasteiger partial charge in [0.25, 0.3) is 5.91 Å². The Labute approximate surface area is 164 Å². The van der Waals surface area contributed by atoms with Gasteiger partial charge in [0.05, 0.1) is 7.11 Å². The van der Waals surface area contributed by atoms with Gasteiger partial charge in [-0.25, -0.2) is 4.79 Å².